The van der Waals surface area contributed by atoms with Gasteiger partial charge < -0.3 is 4.90 Å². The van der Waals surface area contributed by atoms with Crippen LogP contribution >= 0.6 is 0 Å². The van der Waals surface area contributed by atoms with Gasteiger partial charge in [0.2, 0.25) is 0 Å². The highest BCUT2D eigenvalue weighted by molar-refractivity contribution is 5.47. The molecule has 0 radical (unpaired) electrons. The number of fused-ring (bicyclic) bond motifs is 1. The van der Waals surface area contributed by atoms with Crippen molar-refractivity contribution in [1.29, 1.82) is 0 Å². The summed E-state index contributed by atoms with van der Waals surface area (Å²) in [5, 5.41) is 0. The van der Waals surface area contributed by atoms with Gasteiger partial charge in [0.25, 0.3) is 0 Å². The van der Waals surface area contributed by atoms with Crippen molar-refractivity contribution in [3.8, 4) is 0 Å². The van der Waals surface area contributed by atoms with Gasteiger partial charge in [-0.15, -0.1) is 0 Å². The molecule has 0 aliphatic carbocycles. The number of benzene rings is 1. The number of para-hydroxylation sites is 1. The summed E-state index contributed by atoms with van der Waals surface area (Å²) in [5.74, 6) is 0. The molecule has 0 N–H and O–H groups in total. The molecule has 3 rings (SSSR count). The van der Waals surface area contributed by atoms with Gasteiger partial charge in [-0.05, 0) is 25.0 Å². The SMILES string of the molecule is c1ccc(N2CC3CCCN3C2)cc1. The maximum Gasteiger partial charge on any atom is 0.0710 e. The molecule has 2 aliphatic heterocycles. The van der Waals surface area contributed by atoms with E-state index in [-0.39, 0.29) is 0 Å². The smallest absolute Gasteiger partial charge is 0.0710 e. The summed E-state index contributed by atoms with van der Waals surface area (Å²) in [7, 11) is 0. The van der Waals surface area contributed by atoms with Gasteiger partial charge in [0.15, 0.2) is 0 Å². The molecule has 2 heteroatoms. The molecule has 1 aromatic carbocycles. The van der Waals surface area contributed by atoms with Crippen molar-refractivity contribution in [3.63, 3.8) is 0 Å². The molecule has 2 aliphatic rings. The lowest BCUT2D eigenvalue weighted by molar-refractivity contribution is 0.330. The van der Waals surface area contributed by atoms with Gasteiger partial charge >= 0.3 is 0 Å². The Bertz CT molecular complexity index is 297. The molecule has 14 heavy (non-hydrogen) atoms. The Balaban J connectivity index is 1.77. The summed E-state index contributed by atoms with van der Waals surface area (Å²) >= 11 is 0. The standard InChI is InChI=1S/C12H16N2/c1-2-5-11(6-3-1)14-9-12-7-4-8-13(12)10-14/h1-3,5-6,12H,4,7-10H2. The van der Waals surface area contributed by atoms with Crippen LogP contribution in [-0.2, 0) is 0 Å². The zero-order valence-corrected chi connectivity index (χ0v) is 8.39. The van der Waals surface area contributed by atoms with Gasteiger partial charge in [0.05, 0.1) is 6.67 Å². The molecular formula is C12H16N2. The molecular weight excluding hydrogens is 172 g/mol. The third kappa shape index (κ3) is 1.30. The van der Waals surface area contributed by atoms with E-state index in [9.17, 15) is 0 Å². The normalized spacial score (nSPS) is 26.9. The fourth-order valence-corrected chi connectivity index (χ4v) is 2.65. The van der Waals surface area contributed by atoms with Crippen molar-refractivity contribution in [2.24, 2.45) is 0 Å². The average Bonchev–Trinajstić information content (AvgIpc) is 2.78. The van der Waals surface area contributed by atoms with E-state index in [4.69, 9.17) is 0 Å². The van der Waals surface area contributed by atoms with E-state index < -0.39 is 0 Å². The monoisotopic (exact) mass is 188 g/mol. The highest BCUT2D eigenvalue weighted by Gasteiger charge is 2.33. The topological polar surface area (TPSA) is 6.48 Å². The third-order valence-electron chi connectivity index (χ3n) is 3.40. The number of anilines is 1. The van der Waals surface area contributed by atoms with Crippen LogP contribution in [0, 0.1) is 0 Å². The van der Waals surface area contributed by atoms with E-state index in [2.05, 4.69) is 40.1 Å². The van der Waals surface area contributed by atoms with Crippen molar-refractivity contribution >= 4 is 5.69 Å². The van der Waals surface area contributed by atoms with Crippen LogP contribution in [0.5, 0.6) is 0 Å². The van der Waals surface area contributed by atoms with Gasteiger partial charge in [0.1, 0.15) is 0 Å². The van der Waals surface area contributed by atoms with Gasteiger partial charge in [-0.2, -0.15) is 0 Å². The number of hydrogen-bond acceptors (Lipinski definition) is 2. The largest absolute Gasteiger partial charge is 0.357 e. The fourth-order valence-electron chi connectivity index (χ4n) is 2.65. The van der Waals surface area contributed by atoms with Crippen LogP contribution in [0.15, 0.2) is 30.3 Å². The molecule has 1 unspecified atom stereocenters. The van der Waals surface area contributed by atoms with Crippen molar-refractivity contribution < 1.29 is 0 Å². The van der Waals surface area contributed by atoms with Gasteiger partial charge in [-0.25, -0.2) is 0 Å². The van der Waals surface area contributed by atoms with Crippen LogP contribution in [0.2, 0.25) is 0 Å². The van der Waals surface area contributed by atoms with Gasteiger partial charge in [0, 0.05) is 24.8 Å². The molecule has 2 saturated heterocycles. The maximum atomic E-state index is 2.60. The molecule has 0 aromatic heterocycles. The average molecular weight is 188 g/mol. The molecule has 1 atom stereocenters. The lowest BCUT2D eigenvalue weighted by atomic mass is 10.2. The predicted molar refractivity (Wildman–Crippen MR) is 58.4 cm³/mol. The van der Waals surface area contributed by atoms with E-state index in [0.29, 0.717) is 0 Å². The number of hydrogen-bond donors (Lipinski definition) is 0. The summed E-state index contributed by atoms with van der Waals surface area (Å²) in [6.45, 7) is 3.66. The molecule has 2 heterocycles. The maximum absolute atomic E-state index is 2.60. The van der Waals surface area contributed by atoms with Crippen LogP contribution in [-0.4, -0.2) is 30.7 Å². The summed E-state index contributed by atoms with van der Waals surface area (Å²) in [6, 6.07) is 11.6. The quantitative estimate of drug-likeness (QED) is 0.664. The highest BCUT2D eigenvalue weighted by atomic mass is 15.4. The van der Waals surface area contributed by atoms with Crippen molar-refractivity contribution in [2.45, 2.75) is 18.9 Å². The molecule has 0 amide bonds. The minimum Gasteiger partial charge on any atom is -0.357 e. The van der Waals surface area contributed by atoms with E-state index >= 15 is 0 Å². The van der Waals surface area contributed by atoms with Crippen LogP contribution < -0.4 is 4.90 Å². The molecule has 2 fully saturated rings. The lowest BCUT2D eigenvalue weighted by Gasteiger charge is -2.18. The molecule has 0 saturated carbocycles. The van der Waals surface area contributed by atoms with Crippen molar-refractivity contribution in [1.82, 2.24) is 4.90 Å². The summed E-state index contributed by atoms with van der Waals surface area (Å²) in [4.78, 5) is 5.09. The van der Waals surface area contributed by atoms with Gasteiger partial charge in [-0.3, -0.25) is 4.90 Å². The van der Waals surface area contributed by atoms with Crippen LogP contribution in [0.25, 0.3) is 0 Å². The Hall–Kier alpha value is -1.02. The fraction of sp³-hybridized carbons (Fsp3) is 0.500. The Labute approximate surface area is 85.1 Å². The zero-order valence-electron chi connectivity index (χ0n) is 8.39. The first-order valence-electron chi connectivity index (χ1n) is 5.47. The van der Waals surface area contributed by atoms with E-state index in [1.807, 2.05) is 0 Å². The first-order valence-corrected chi connectivity index (χ1v) is 5.47. The minimum atomic E-state index is 0.829. The number of rotatable bonds is 1. The molecule has 2 nitrogen and oxygen atoms in total. The van der Waals surface area contributed by atoms with Crippen LogP contribution in [0.1, 0.15) is 12.8 Å². The van der Waals surface area contributed by atoms with E-state index in [1.54, 1.807) is 0 Å². The molecule has 0 bridgehead atoms. The second-order valence-electron chi connectivity index (χ2n) is 4.31. The first-order chi connectivity index (χ1) is 6.93. The Morgan fingerprint density at radius 2 is 2.00 bits per heavy atom. The Morgan fingerprint density at radius 3 is 2.79 bits per heavy atom. The summed E-state index contributed by atoms with van der Waals surface area (Å²) < 4.78 is 0. The third-order valence-corrected chi connectivity index (χ3v) is 3.40. The van der Waals surface area contributed by atoms with Crippen LogP contribution in [0.4, 0.5) is 5.69 Å². The zero-order chi connectivity index (χ0) is 9.38. The van der Waals surface area contributed by atoms with Crippen molar-refractivity contribution in [2.75, 3.05) is 24.7 Å². The van der Waals surface area contributed by atoms with E-state index in [1.165, 1.54) is 31.6 Å². The Morgan fingerprint density at radius 1 is 1.14 bits per heavy atom. The molecule has 1 aromatic rings. The second-order valence-corrected chi connectivity index (χ2v) is 4.31. The molecule has 0 spiro atoms. The van der Waals surface area contributed by atoms with Crippen molar-refractivity contribution in [3.05, 3.63) is 30.3 Å². The van der Waals surface area contributed by atoms with E-state index in [0.717, 1.165) is 12.7 Å². The minimum absolute atomic E-state index is 0.829. The summed E-state index contributed by atoms with van der Waals surface area (Å²) in [6.07, 6.45) is 2.79. The Kier molecular flexibility index (Phi) is 1.95. The summed E-state index contributed by atoms with van der Waals surface area (Å²) in [5.41, 5.74) is 1.38. The molecule has 74 valence electrons. The number of nitrogens with zero attached hydrogens (tertiary/aromatic N) is 2. The highest BCUT2D eigenvalue weighted by Crippen LogP contribution is 2.27. The first kappa shape index (κ1) is 8.30. The van der Waals surface area contributed by atoms with Gasteiger partial charge in [-0.1, -0.05) is 18.2 Å². The predicted octanol–water partition coefficient (Wildman–Crippen LogP) is 1.93. The van der Waals surface area contributed by atoms with Crippen LogP contribution in [0.3, 0.4) is 0 Å². The lowest BCUT2D eigenvalue weighted by Crippen LogP contribution is -2.25. The second kappa shape index (κ2) is 3.28.